The van der Waals surface area contributed by atoms with Gasteiger partial charge in [-0.25, -0.2) is 0 Å². The van der Waals surface area contributed by atoms with Crippen molar-refractivity contribution >= 4 is 23.7 Å². The first-order valence-corrected chi connectivity index (χ1v) is 20.4. The highest BCUT2D eigenvalue weighted by molar-refractivity contribution is 8.00. The molecule has 3 aliphatic rings. The molecule has 0 spiro atoms. The molecule has 0 aromatic heterocycles. The molecule has 0 N–H and O–H groups in total. The second-order valence-corrected chi connectivity index (χ2v) is 15.6. The second-order valence-electron chi connectivity index (χ2n) is 14.3. The van der Waals surface area contributed by atoms with Gasteiger partial charge >= 0.3 is 11.9 Å². The third-order valence-electron chi connectivity index (χ3n) is 10.0. The Morgan fingerprint density at radius 3 is 1.74 bits per heavy atom. The minimum atomic E-state index is -1.10. The van der Waals surface area contributed by atoms with E-state index in [9.17, 15) is 9.59 Å². The van der Waals surface area contributed by atoms with Crippen LogP contribution in [-0.4, -0.2) is 92.0 Å². The van der Waals surface area contributed by atoms with Gasteiger partial charge in [-0.3, -0.25) is 9.59 Å². The average molecular weight is 815 g/mol. The second kappa shape index (κ2) is 20.7. The maximum atomic E-state index is 12.8. The van der Waals surface area contributed by atoms with Crippen LogP contribution in [0, 0.1) is 0 Å². The van der Waals surface area contributed by atoms with E-state index in [0.29, 0.717) is 6.61 Å². The molecule has 0 amide bonds. The van der Waals surface area contributed by atoms with Crippen LogP contribution >= 0.6 is 11.8 Å². The molecular formula is C45H50O12S. The Morgan fingerprint density at radius 1 is 0.638 bits per heavy atom. The molecule has 13 heteroatoms. The van der Waals surface area contributed by atoms with Gasteiger partial charge in [0.15, 0.2) is 24.8 Å². The van der Waals surface area contributed by atoms with Crippen molar-refractivity contribution in [2.45, 2.75) is 99.7 Å². The van der Waals surface area contributed by atoms with Gasteiger partial charge in [-0.1, -0.05) is 121 Å². The Kier molecular flexibility index (Phi) is 15.0. The van der Waals surface area contributed by atoms with Crippen molar-refractivity contribution in [1.29, 1.82) is 0 Å². The smallest absolute Gasteiger partial charge is 0.303 e. The minimum Gasteiger partial charge on any atom is -0.457 e. The first-order chi connectivity index (χ1) is 28.4. The Morgan fingerprint density at radius 2 is 1.17 bits per heavy atom. The van der Waals surface area contributed by atoms with E-state index in [-0.39, 0.29) is 26.4 Å². The Bertz CT molecular complexity index is 1850. The van der Waals surface area contributed by atoms with Gasteiger partial charge in [-0.05, 0) is 16.7 Å². The standard InChI is InChI=1S/C45H50O12S/c1-29(46)53-39-40(54-30(2)47)44(48-3)55-36(27-49-24-31-16-8-4-9-17-31)42(39)58-45-41(51-26-33-20-12-6-13-21-33)38(50-25-32-18-10-5-11-19-32)37-35(56-45)28-52-43(57-37)34-22-14-7-15-23-34/h4-23,35-45H,24-28H2,1-3H3/t35-,36-,37-,38+,39-,40-,41+,42-,43-,44+,45+/m1/s1. The maximum Gasteiger partial charge on any atom is 0.303 e. The minimum absolute atomic E-state index is 0.0875. The Labute approximate surface area is 343 Å². The molecule has 3 fully saturated rings. The molecule has 3 heterocycles. The van der Waals surface area contributed by atoms with Crippen molar-refractivity contribution in [3.8, 4) is 0 Å². The molecule has 58 heavy (non-hydrogen) atoms. The molecule has 12 nitrogen and oxygen atoms in total. The summed E-state index contributed by atoms with van der Waals surface area (Å²) in [5.41, 5.74) is 3.01. The topological polar surface area (TPSA) is 126 Å². The van der Waals surface area contributed by atoms with Crippen molar-refractivity contribution in [3.63, 3.8) is 0 Å². The molecule has 7 rings (SSSR count). The number of thioether (sulfide) groups is 1. The van der Waals surface area contributed by atoms with Crippen LogP contribution < -0.4 is 0 Å². The lowest BCUT2D eigenvalue weighted by molar-refractivity contribution is -0.330. The summed E-state index contributed by atoms with van der Waals surface area (Å²) in [6.45, 7) is 3.72. The fourth-order valence-corrected chi connectivity index (χ4v) is 8.95. The fourth-order valence-electron chi connectivity index (χ4n) is 7.37. The molecule has 11 atom stereocenters. The summed E-state index contributed by atoms with van der Waals surface area (Å²) >= 11 is 1.34. The zero-order chi connectivity index (χ0) is 40.3. The molecule has 0 bridgehead atoms. The lowest BCUT2D eigenvalue weighted by Crippen LogP contribution is -2.64. The number of rotatable bonds is 16. The first-order valence-electron chi connectivity index (χ1n) is 19.4. The van der Waals surface area contributed by atoms with E-state index in [1.54, 1.807) is 0 Å². The van der Waals surface area contributed by atoms with Crippen LogP contribution in [0.2, 0.25) is 0 Å². The molecule has 0 unspecified atom stereocenters. The molecule has 0 radical (unpaired) electrons. The largest absolute Gasteiger partial charge is 0.457 e. The van der Waals surface area contributed by atoms with Crippen LogP contribution in [-0.2, 0) is 76.8 Å². The average Bonchev–Trinajstić information content (AvgIpc) is 3.25. The van der Waals surface area contributed by atoms with E-state index in [1.807, 2.05) is 121 Å². The van der Waals surface area contributed by atoms with Crippen LogP contribution in [0.1, 0.15) is 42.4 Å². The van der Waals surface area contributed by atoms with Gasteiger partial charge in [0.05, 0.1) is 44.4 Å². The van der Waals surface area contributed by atoms with Gasteiger partial charge in [-0.2, -0.15) is 0 Å². The molecule has 4 aromatic rings. The number of carbonyl (C=O) groups is 2. The third kappa shape index (κ3) is 10.9. The van der Waals surface area contributed by atoms with Gasteiger partial charge in [-0.15, -0.1) is 11.8 Å². The Hall–Kier alpha value is -4.15. The van der Waals surface area contributed by atoms with E-state index in [0.717, 1.165) is 22.3 Å². The monoisotopic (exact) mass is 814 g/mol. The van der Waals surface area contributed by atoms with Crippen molar-refractivity contribution in [2.24, 2.45) is 0 Å². The quantitative estimate of drug-likeness (QED) is 0.114. The van der Waals surface area contributed by atoms with Crippen LogP contribution in [0.25, 0.3) is 0 Å². The number of benzene rings is 4. The molecule has 3 aliphatic heterocycles. The third-order valence-corrected chi connectivity index (χ3v) is 11.6. The van der Waals surface area contributed by atoms with Crippen molar-refractivity contribution in [1.82, 2.24) is 0 Å². The van der Waals surface area contributed by atoms with Crippen LogP contribution in [0.15, 0.2) is 121 Å². The number of ether oxygens (including phenoxy) is 10. The van der Waals surface area contributed by atoms with Crippen molar-refractivity contribution in [2.75, 3.05) is 20.3 Å². The van der Waals surface area contributed by atoms with Crippen molar-refractivity contribution < 1.29 is 57.0 Å². The fraction of sp³-hybridized carbons (Fsp3) is 0.422. The molecule has 3 saturated heterocycles. The number of hydrogen-bond donors (Lipinski definition) is 0. The number of esters is 2. The summed E-state index contributed by atoms with van der Waals surface area (Å²) < 4.78 is 63.9. The maximum absolute atomic E-state index is 12.8. The van der Waals surface area contributed by atoms with E-state index < -0.39 is 77.9 Å². The molecular weight excluding hydrogens is 765 g/mol. The van der Waals surface area contributed by atoms with Gasteiger partial charge in [0.1, 0.15) is 29.9 Å². The first kappa shape index (κ1) is 42.0. The number of hydrogen-bond acceptors (Lipinski definition) is 13. The van der Waals surface area contributed by atoms with E-state index >= 15 is 0 Å². The van der Waals surface area contributed by atoms with Gasteiger partial charge in [0, 0.05) is 26.5 Å². The normalized spacial score (nSPS) is 29.5. The van der Waals surface area contributed by atoms with Crippen LogP contribution in [0.3, 0.4) is 0 Å². The van der Waals surface area contributed by atoms with Gasteiger partial charge in [0.2, 0.25) is 0 Å². The predicted molar refractivity (Wildman–Crippen MR) is 213 cm³/mol. The lowest BCUT2D eigenvalue weighted by atomic mass is 9.98. The Balaban J connectivity index is 1.24. The SMILES string of the molecule is CO[C@H]1O[C@H](COCc2ccccc2)[C@@H](S[C@@H]2O[C@@H]3CO[C@@H](c4ccccc4)O[C@H]3[C@H](OCc3ccccc3)[C@@H]2OCc2ccccc2)[C@H](OC(C)=O)[C@H]1OC(C)=O. The summed E-state index contributed by atoms with van der Waals surface area (Å²) in [6, 6.07) is 39.3. The van der Waals surface area contributed by atoms with Crippen molar-refractivity contribution in [3.05, 3.63) is 144 Å². The molecule has 0 saturated carbocycles. The van der Waals surface area contributed by atoms with E-state index in [4.69, 9.17) is 47.4 Å². The summed E-state index contributed by atoms with van der Waals surface area (Å²) in [7, 11) is 1.44. The highest BCUT2D eigenvalue weighted by Gasteiger charge is 2.56. The lowest BCUT2D eigenvalue weighted by Gasteiger charge is -2.51. The predicted octanol–water partition coefficient (Wildman–Crippen LogP) is 6.55. The zero-order valence-electron chi connectivity index (χ0n) is 32.7. The zero-order valence-corrected chi connectivity index (χ0v) is 33.6. The molecule has 0 aliphatic carbocycles. The number of fused-ring (bicyclic) bond motifs is 1. The van der Waals surface area contributed by atoms with Crippen LogP contribution in [0.4, 0.5) is 0 Å². The summed E-state index contributed by atoms with van der Waals surface area (Å²) in [4.78, 5) is 25.3. The van der Waals surface area contributed by atoms with Gasteiger partial charge in [0.25, 0.3) is 0 Å². The highest BCUT2D eigenvalue weighted by Crippen LogP contribution is 2.44. The highest BCUT2D eigenvalue weighted by atomic mass is 32.2. The summed E-state index contributed by atoms with van der Waals surface area (Å²) in [6.07, 6.45) is -7.14. The van der Waals surface area contributed by atoms with E-state index in [2.05, 4.69) is 0 Å². The number of carbonyl (C=O) groups excluding carboxylic acids is 2. The number of methoxy groups -OCH3 is 1. The van der Waals surface area contributed by atoms with E-state index in [1.165, 1.54) is 32.7 Å². The molecule has 4 aromatic carbocycles. The van der Waals surface area contributed by atoms with Gasteiger partial charge < -0.3 is 47.4 Å². The van der Waals surface area contributed by atoms with Crippen LogP contribution in [0.5, 0.6) is 0 Å². The summed E-state index contributed by atoms with van der Waals surface area (Å²) in [5.74, 6) is -1.16. The summed E-state index contributed by atoms with van der Waals surface area (Å²) in [5, 5.41) is -0.711. The molecule has 308 valence electrons.